The summed E-state index contributed by atoms with van der Waals surface area (Å²) in [6.45, 7) is 5.68. The van der Waals surface area contributed by atoms with Gasteiger partial charge in [0.1, 0.15) is 0 Å². The Balaban J connectivity index is 0.000000921. The Kier molecular flexibility index (Phi) is 5.73. The maximum absolute atomic E-state index is 12.4. The van der Waals surface area contributed by atoms with Gasteiger partial charge in [-0.05, 0) is 24.1 Å². The molecule has 15 heavy (non-hydrogen) atoms. The summed E-state index contributed by atoms with van der Waals surface area (Å²) in [5.41, 5.74) is -0.362. The molecule has 0 radical (unpaired) electrons. The Morgan fingerprint density at radius 1 is 1.20 bits per heavy atom. The summed E-state index contributed by atoms with van der Waals surface area (Å²) in [7, 11) is 0. The molecule has 1 aromatic carbocycles. The van der Waals surface area contributed by atoms with Crippen LogP contribution in [0.3, 0.4) is 0 Å². The van der Waals surface area contributed by atoms with Crippen LogP contribution in [-0.4, -0.2) is 0 Å². The highest BCUT2D eigenvalue weighted by Crippen LogP contribution is 2.33. The van der Waals surface area contributed by atoms with E-state index >= 15 is 0 Å². The van der Waals surface area contributed by atoms with E-state index in [4.69, 9.17) is 11.6 Å². The van der Waals surface area contributed by atoms with Gasteiger partial charge in [0.2, 0.25) is 0 Å². The van der Waals surface area contributed by atoms with E-state index in [1.165, 1.54) is 12.1 Å². The quantitative estimate of drug-likeness (QED) is 0.650. The second-order valence-electron chi connectivity index (χ2n) is 2.65. The van der Waals surface area contributed by atoms with E-state index in [9.17, 15) is 13.2 Å². The number of aryl methyl sites for hydroxylation is 1. The summed E-state index contributed by atoms with van der Waals surface area (Å²) in [6.07, 6.45) is -3.96. The normalized spacial score (nSPS) is 10.6. The van der Waals surface area contributed by atoms with Gasteiger partial charge in [-0.15, -0.1) is 0 Å². The molecule has 1 aromatic rings. The molecule has 4 heteroatoms. The average molecular weight is 239 g/mol. The summed E-state index contributed by atoms with van der Waals surface area (Å²) < 4.78 is 37.1. The van der Waals surface area contributed by atoms with Gasteiger partial charge in [-0.2, -0.15) is 13.2 Å². The molecule has 0 aliphatic rings. The largest absolute Gasteiger partial charge is 0.416 e. The predicted molar refractivity (Wildman–Crippen MR) is 57.2 cm³/mol. The molecule has 0 aromatic heterocycles. The SMILES string of the molecule is CC.CCc1ccc(Cl)cc1C(F)(F)F. The first-order valence-corrected chi connectivity index (χ1v) is 5.18. The third-order valence-corrected chi connectivity index (χ3v) is 1.99. The molecule has 0 N–H and O–H groups in total. The molecule has 0 bridgehead atoms. The molecule has 0 amide bonds. The number of halogens is 4. The van der Waals surface area contributed by atoms with Crippen LogP contribution in [0, 0.1) is 0 Å². The number of hydrogen-bond acceptors (Lipinski definition) is 0. The van der Waals surface area contributed by atoms with E-state index in [0.29, 0.717) is 6.42 Å². The maximum Gasteiger partial charge on any atom is 0.416 e. The van der Waals surface area contributed by atoms with Crippen molar-refractivity contribution >= 4 is 11.6 Å². The van der Waals surface area contributed by atoms with Crippen molar-refractivity contribution in [1.82, 2.24) is 0 Å². The third kappa shape index (κ3) is 4.12. The van der Waals surface area contributed by atoms with E-state index in [1.807, 2.05) is 13.8 Å². The molecule has 0 aliphatic heterocycles. The van der Waals surface area contributed by atoms with Crippen molar-refractivity contribution in [2.45, 2.75) is 33.4 Å². The summed E-state index contributed by atoms with van der Waals surface area (Å²) in [4.78, 5) is 0. The lowest BCUT2D eigenvalue weighted by molar-refractivity contribution is -0.138. The molecule has 0 nitrogen and oxygen atoms in total. The molecule has 0 unspecified atom stereocenters. The molecule has 0 spiro atoms. The minimum Gasteiger partial charge on any atom is -0.166 e. The lowest BCUT2D eigenvalue weighted by Crippen LogP contribution is -2.08. The van der Waals surface area contributed by atoms with Gasteiger partial charge in [-0.1, -0.05) is 38.4 Å². The Bertz CT molecular complexity index is 305. The van der Waals surface area contributed by atoms with Crippen LogP contribution in [-0.2, 0) is 12.6 Å². The van der Waals surface area contributed by atoms with Crippen molar-refractivity contribution in [3.05, 3.63) is 34.3 Å². The molecular weight excluding hydrogens is 225 g/mol. The highest BCUT2D eigenvalue weighted by Gasteiger charge is 2.32. The topological polar surface area (TPSA) is 0 Å². The summed E-state index contributed by atoms with van der Waals surface area (Å²) >= 11 is 5.48. The number of rotatable bonds is 1. The first-order chi connectivity index (χ1) is 6.95. The van der Waals surface area contributed by atoms with Crippen molar-refractivity contribution < 1.29 is 13.2 Å². The van der Waals surface area contributed by atoms with Crippen LogP contribution in [0.4, 0.5) is 13.2 Å². The monoisotopic (exact) mass is 238 g/mol. The van der Waals surface area contributed by atoms with Gasteiger partial charge in [0.05, 0.1) is 5.56 Å². The standard InChI is InChI=1S/C9H8ClF3.C2H6/c1-2-6-3-4-7(10)5-8(6)9(11,12)13;1-2/h3-5H,2H2,1H3;1-2H3. The molecule has 0 aliphatic carbocycles. The highest BCUT2D eigenvalue weighted by atomic mass is 35.5. The van der Waals surface area contributed by atoms with Crippen LogP contribution >= 0.6 is 11.6 Å². The van der Waals surface area contributed by atoms with E-state index in [2.05, 4.69) is 0 Å². The van der Waals surface area contributed by atoms with Gasteiger partial charge >= 0.3 is 6.18 Å². The van der Waals surface area contributed by atoms with Gasteiger partial charge < -0.3 is 0 Å². The Morgan fingerprint density at radius 3 is 2.13 bits per heavy atom. The lowest BCUT2D eigenvalue weighted by Gasteiger charge is -2.11. The minimum absolute atomic E-state index is 0.115. The number of alkyl halides is 3. The zero-order valence-electron chi connectivity index (χ0n) is 8.95. The number of benzene rings is 1. The molecule has 0 saturated carbocycles. The minimum atomic E-state index is -4.31. The van der Waals surface area contributed by atoms with Crippen molar-refractivity contribution in [1.29, 1.82) is 0 Å². The third-order valence-electron chi connectivity index (χ3n) is 1.76. The Morgan fingerprint density at radius 2 is 1.73 bits per heavy atom. The molecule has 0 fully saturated rings. The first-order valence-electron chi connectivity index (χ1n) is 4.80. The fraction of sp³-hybridized carbons (Fsp3) is 0.455. The molecular formula is C11H14ClF3. The highest BCUT2D eigenvalue weighted by molar-refractivity contribution is 6.30. The van der Waals surface area contributed by atoms with Gasteiger partial charge in [0, 0.05) is 5.02 Å². The van der Waals surface area contributed by atoms with Gasteiger partial charge in [-0.25, -0.2) is 0 Å². The average Bonchev–Trinajstić information content (AvgIpc) is 2.19. The zero-order chi connectivity index (χ0) is 12.1. The lowest BCUT2D eigenvalue weighted by atomic mass is 10.1. The van der Waals surface area contributed by atoms with E-state index in [-0.39, 0.29) is 10.6 Å². The van der Waals surface area contributed by atoms with Gasteiger partial charge in [0.15, 0.2) is 0 Å². The molecule has 0 saturated heterocycles. The summed E-state index contributed by atoms with van der Waals surface area (Å²) in [5, 5.41) is 0.115. The van der Waals surface area contributed by atoms with Crippen molar-refractivity contribution in [3.8, 4) is 0 Å². The molecule has 86 valence electrons. The van der Waals surface area contributed by atoms with Crippen LogP contribution in [0.1, 0.15) is 31.9 Å². The van der Waals surface area contributed by atoms with Crippen LogP contribution in [0.2, 0.25) is 5.02 Å². The van der Waals surface area contributed by atoms with Crippen LogP contribution in [0.15, 0.2) is 18.2 Å². The van der Waals surface area contributed by atoms with Crippen LogP contribution in [0.5, 0.6) is 0 Å². The molecule has 1 rings (SSSR count). The summed E-state index contributed by atoms with van der Waals surface area (Å²) in [6, 6.07) is 3.83. The second-order valence-corrected chi connectivity index (χ2v) is 3.09. The fourth-order valence-corrected chi connectivity index (χ4v) is 1.29. The zero-order valence-corrected chi connectivity index (χ0v) is 9.71. The second kappa shape index (κ2) is 6.01. The molecule has 0 heterocycles. The van der Waals surface area contributed by atoms with Crippen molar-refractivity contribution in [3.63, 3.8) is 0 Å². The predicted octanol–water partition coefficient (Wildman–Crippen LogP) is 4.95. The van der Waals surface area contributed by atoms with Crippen LogP contribution in [0.25, 0.3) is 0 Å². The number of hydrogen-bond donors (Lipinski definition) is 0. The van der Waals surface area contributed by atoms with E-state index in [1.54, 1.807) is 6.92 Å². The fourth-order valence-electron chi connectivity index (χ4n) is 1.12. The smallest absolute Gasteiger partial charge is 0.166 e. The van der Waals surface area contributed by atoms with Crippen molar-refractivity contribution in [2.75, 3.05) is 0 Å². The van der Waals surface area contributed by atoms with E-state index in [0.717, 1.165) is 6.07 Å². The van der Waals surface area contributed by atoms with Gasteiger partial charge in [0.25, 0.3) is 0 Å². The molecule has 0 atom stereocenters. The Hall–Kier alpha value is -0.700. The van der Waals surface area contributed by atoms with Crippen molar-refractivity contribution in [2.24, 2.45) is 0 Å². The van der Waals surface area contributed by atoms with Crippen LogP contribution < -0.4 is 0 Å². The summed E-state index contributed by atoms with van der Waals surface area (Å²) in [5.74, 6) is 0. The maximum atomic E-state index is 12.4. The Labute approximate surface area is 93.1 Å². The van der Waals surface area contributed by atoms with E-state index < -0.39 is 11.7 Å². The first kappa shape index (κ1) is 14.3. The van der Waals surface area contributed by atoms with Gasteiger partial charge in [-0.3, -0.25) is 0 Å².